The maximum atomic E-state index is 11.8. The van der Waals surface area contributed by atoms with Crippen molar-refractivity contribution in [1.82, 2.24) is 9.55 Å². The summed E-state index contributed by atoms with van der Waals surface area (Å²) in [4.78, 5) is 20.8. The van der Waals surface area contributed by atoms with Gasteiger partial charge in [0, 0.05) is 24.9 Å². The van der Waals surface area contributed by atoms with Crippen molar-refractivity contribution in [3.63, 3.8) is 0 Å². The van der Waals surface area contributed by atoms with Gasteiger partial charge < -0.3 is 19.4 Å². The van der Waals surface area contributed by atoms with E-state index in [0.29, 0.717) is 30.9 Å². The molecule has 1 aliphatic carbocycles. The van der Waals surface area contributed by atoms with Crippen LogP contribution in [0.4, 0.5) is 5.82 Å². The molecular formula is C23H30N4O3. The maximum Gasteiger partial charge on any atom is 0.306 e. The molecule has 30 heavy (non-hydrogen) atoms. The van der Waals surface area contributed by atoms with Gasteiger partial charge in [0.15, 0.2) is 5.75 Å². The lowest BCUT2D eigenvalue weighted by Crippen LogP contribution is -2.29. The summed E-state index contributed by atoms with van der Waals surface area (Å²) >= 11 is 0. The van der Waals surface area contributed by atoms with Crippen LogP contribution in [0.15, 0.2) is 35.6 Å². The molecule has 2 aromatic rings. The minimum atomic E-state index is -0.0710. The third-order valence-electron chi connectivity index (χ3n) is 5.94. The van der Waals surface area contributed by atoms with Crippen LogP contribution >= 0.6 is 0 Å². The van der Waals surface area contributed by atoms with Crippen LogP contribution in [0.3, 0.4) is 0 Å². The number of nitrogens with zero attached hydrogens (tertiary/aromatic N) is 3. The summed E-state index contributed by atoms with van der Waals surface area (Å²) in [5.74, 6) is 2.76. The van der Waals surface area contributed by atoms with Gasteiger partial charge in [0.1, 0.15) is 12.0 Å². The second-order valence-corrected chi connectivity index (χ2v) is 8.11. The zero-order valence-electron chi connectivity index (χ0n) is 17.9. The van der Waals surface area contributed by atoms with Crippen molar-refractivity contribution in [2.45, 2.75) is 65.1 Å². The molecule has 2 aliphatic rings. The molecule has 1 atom stereocenters. The summed E-state index contributed by atoms with van der Waals surface area (Å²) < 4.78 is 13.6. The highest BCUT2D eigenvalue weighted by molar-refractivity contribution is 6.01. The number of hydrogen-bond acceptors (Lipinski definition) is 6. The predicted molar refractivity (Wildman–Crippen MR) is 116 cm³/mol. The van der Waals surface area contributed by atoms with E-state index >= 15 is 0 Å². The molecule has 0 bridgehead atoms. The lowest BCUT2D eigenvalue weighted by atomic mass is 9.84. The predicted octanol–water partition coefficient (Wildman–Crippen LogP) is 4.47. The molecular weight excluding hydrogens is 380 g/mol. The van der Waals surface area contributed by atoms with Crippen molar-refractivity contribution >= 4 is 17.7 Å². The second-order valence-electron chi connectivity index (χ2n) is 8.11. The van der Waals surface area contributed by atoms with E-state index < -0.39 is 0 Å². The number of aromatic nitrogens is 2. The molecule has 0 spiro atoms. The zero-order valence-corrected chi connectivity index (χ0v) is 17.9. The Hall–Kier alpha value is -2.83. The number of fused-ring (bicyclic) bond motifs is 1. The van der Waals surface area contributed by atoms with Gasteiger partial charge in [-0.3, -0.25) is 9.78 Å². The van der Waals surface area contributed by atoms with Gasteiger partial charge in [-0.2, -0.15) is 0 Å². The van der Waals surface area contributed by atoms with Crippen LogP contribution in [-0.2, 0) is 9.53 Å². The number of aryl methyl sites for hydroxylation is 1. The molecule has 1 N–H and O–H groups in total. The Balaban J connectivity index is 1.47. The lowest BCUT2D eigenvalue weighted by molar-refractivity contribution is -0.144. The SMILES string of the molecule is CCOC(=O)CC1CCC(n2ccc3c2NC(C)N=C3Oc2cccnc2C)CC1. The number of anilines is 1. The average molecular weight is 411 g/mol. The second kappa shape index (κ2) is 8.90. The molecule has 1 saturated carbocycles. The number of rotatable bonds is 5. The van der Waals surface area contributed by atoms with E-state index in [9.17, 15) is 4.79 Å². The quantitative estimate of drug-likeness (QED) is 0.736. The maximum absolute atomic E-state index is 11.8. The Bertz CT molecular complexity index is 928. The topological polar surface area (TPSA) is 77.7 Å². The number of hydrogen-bond donors (Lipinski definition) is 1. The molecule has 7 heteroatoms. The van der Waals surface area contributed by atoms with E-state index in [-0.39, 0.29) is 12.1 Å². The van der Waals surface area contributed by atoms with Crippen LogP contribution in [0.5, 0.6) is 5.75 Å². The Morgan fingerprint density at radius 1 is 1.27 bits per heavy atom. The molecule has 3 heterocycles. The van der Waals surface area contributed by atoms with E-state index in [0.717, 1.165) is 48.5 Å². The molecule has 1 unspecified atom stereocenters. The highest BCUT2D eigenvalue weighted by atomic mass is 16.5. The van der Waals surface area contributed by atoms with E-state index in [1.54, 1.807) is 6.20 Å². The number of esters is 1. The normalized spacial score (nSPS) is 23.2. The van der Waals surface area contributed by atoms with Crippen LogP contribution < -0.4 is 10.1 Å². The van der Waals surface area contributed by atoms with Gasteiger partial charge in [-0.05, 0) is 70.6 Å². The molecule has 160 valence electrons. The number of ether oxygens (including phenoxy) is 2. The molecule has 2 aromatic heterocycles. The lowest BCUT2D eigenvalue weighted by Gasteiger charge is -2.32. The summed E-state index contributed by atoms with van der Waals surface area (Å²) in [6.45, 7) is 6.27. The average Bonchev–Trinajstić information content (AvgIpc) is 3.14. The van der Waals surface area contributed by atoms with Crippen LogP contribution in [0, 0.1) is 12.8 Å². The molecule has 0 amide bonds. The van der Waals surface area contributed by atoms with Crippen molar-refractivity contribution in [3.05, 3.63) is 41.9 Å². The number of carbonyl (C=O) groups excluding carboxylic acids is 1. The van der Waals surface area contributed by atoms with Crippen LogP contribution in [-0.4, -0.2) is 34.2 Å². The van der Waals surface area contributed by atoms with E-state index in [4.69, 9.17) is 9.47 Å². The fourth-order valence-electron chi connectivity index (χ4n) is 4.40. The summed E-state index contributed by atoms with van der Waals surface area (Å²) in [5.41, 5.74) is 1.82. The van der Waals surface area contributed by atoms with E-state index in [2.05, 4.69) is 32.1 Å². The highest BCUT2D eigenvalue weighted by Crippen LogP contribution is 2.38. The largest absolute Gasteiger partial charge is 0.466 e. The number of aliphatic imine (C=N–C) groups is 1. The fraction of sp³-hybridized carbons (Fsp3) is 0.522. The Labute approximate surface area is 177 Å². The third-order valence-corrected chi connectivity index (χ3v) is 5.94. The first-order chi connectivity index (χ1) is 14.5. The molecule has 0 aromatic carbocycles. The Kier molecular flexibility index (Phi) is 6.06. The van der Waals surface area contributed by atoms with Gasteiger partial charge in [-0.15, -0.1) is 0 Å². The minimum absolute atomic E-state index is 0.0708. The molecule has 4 rings (SSSR count). The summed E-state index contributed by atoms with van der Waals surface area (Å²) in [6.07, 6.45) is 8.53. The van der Waals surface area contributed by atoms with E-state index in [1.807, 2.05) is 32.9 Å². The molecule has 1 fully saturated rings. The van der Waals surface area contributed by atoms with Gasteiger partial charge in [-0.1, -0.05) is 0 Å². The minimum Gasteiger partial charge on any atom is -0.466 e. The van der Waals surface area contributed by atoms with Crippen molar-refractivity contribution in [2.24, 2.45) is 10.9 Å². The van der Waals surface area contributed by atoms with Crippen molar-refractivity contribution in [2.75, 3.05) is 11.9 Å². The first-order valence-electron chi connectivity index (χ1n) is 10.9. The molecule has 7 nitrogen and oxygen atoms in total. The van der Waals surface area contributed by atoms with Crippen LogP contribution in [0.25, 0.3) is 0 Å². The van der Waals surface area contributed by atoms with E-state index in [1.165, 1.54) is 0 Å². The van der Waals surface area contributed by atoms with Crippen molar-refractivity contribution < 1.29 is 14.3 Å². The van der Waals surface area contributed by atoms with Gasteiger partial charge in [0.2, 0.25) is 5.90 Å². The Morgan fingerprint density at radius 2 is 2.07 bits per heavy atom. The Morgan fingerprint density at radius 3 is 2.80 bits per heavy atom. The molecule has 0 radical (unpaired) electrons. The van der Waals surface area contributed by atoms with Crippen LogP contribution in [0.1, 0.15) is 63.3 Å². The first kappa shape index (κ1) is 20.4. The van der Waals surface area contributed by atoms with Crippen molar-refractivity contribution in [1.29, 1.82) is 0 Å². The van der Waals surface area contributed by atoms with Gasteiger partial charge in [0.05, 0.1) is 17.9 Å². The van der Waals surface area contributed by atoms with Crippen LogP contribution in [0.2, 0.25) is 0 Å². The number of pyridine rings is 1. The summed E-state index contributed by atoms with van der Waals surface area (Å²) in [7, 11) is 0. The van der Waals surface area contributed by atoms with Crippen molar-refractivity contribution in [3.8, 4) is 5.75 Å². The van der Waals surface area contributed by atoms with Gasteiger partial charge >= 0.3 is 5.97 Å². The van der Waals surface area contributed by atoms with Gasteiger partial charge in [-0.25, -0.2) is 4.99 Å². The number of nitrogens with one attached hydrogen (secondary N) is 1. The standard InChI is InChI=1S/C23H30N4O3/c1-4-29-21(28)14-17-7-9-18(10-8-17)27-13-11-19-22(27)25-16(3)26-23(19)30-20-6-5-12-24-15(20)2/h5-6,11-13,16-18,25H,4,7-10,14H2,1-3H3. The molecule has 1 aliphatic heterocycles. The monoisotopic (exact) mass is 410 g/mol. The number of carbonyl (C=O) groups is 1. The highest BCUT2D eigenvalue weighted by Gasteiger charge is 2.29. The molecule has 0 saturated heterocycles. The van der Waals surface area contributed by atoms with Gasteiger partial charge in [0.25, 0.3) is 0 Å². The fourth-order valence-corrected chi connectivity index (χ4v) is 4.40. The first-order valence-corrected chi connectivity index (χ1v) is 10.9. The summed E-state index contributed by atoms with van der Waals surface area (Å²) in [6, 6.07) is 6.27. The summed E-state index contributed by atoms with van der Waals surface area (Å²) in [5, 5.41) is 3.50. The zero-order chi connectivity index (χ0) is 21.1. The smallest absolute Gasteiger partial charge is 0.306 e. The third kappa shape index (κ3) is 4.35.